The van der Waals surface area contributed by atoms with Crippen molar-refractivity contribution >= 4 is 16.9 Å². The molecule has 3 rings (SSSR count). The first-order chi connectivity index (χ1) is 11.5. The highest BCUT2D eigenvalue weighted by Crippen LogP contribution is 2.25. The molecule has 0 bridgehead atoms. The number of imidazole rings is 1. The van der Waals surface area contributed by atoms with Gasteiger partial charge in [-0.3, -0.25) is 4.79 Å². The number of nitrogens with one attached hydrogen (secondary N) is 1. The molecule has 0 aliphatic carbocycles. The lowest BCUT2D eigenvalue weighted by atomic mass is 10.0. The number of hydrogen-bond acceptors (Lipinski definition) is 4. The van der Waals surface area contributed by atoms with Gasteiger partial charge in [0.25, 0.3) is 12.3 Å². The summed E-state index contributed by atoms with van der Waals surface area (Å²) >= 11 is 0. The normalized spacial score (nSPS) is 21.4. The molecule has 1 aromatic carbocycles. The molecular weight excluding hydrogens is 320 g/mol. The van der Waals surface area contributed by atoms with Crippen molar-refractivity contribution in [2.45, 2.75) is 25.0 Å². The Bertz CT molecular complexity index is 734. The minimum absolute atomic E-state index is 0.139. The van der Waals surface area contributed by atoms with Gasteiger partial charge in [-0.25, -0.2) is 13.8 Å². The molecule has 6 nitrogen and oxygen atoms in total. The van der Waals surface area contributed by atoms with E-state index in [4.69, 9.17) is 9.47 Å². The fourth-order valence-corrected chi connectivity index (χ4v) is 3.04. The lowest BCUT2D eigenvalue weighted by molar-refractivity contribution is -0.0713. The van der Waals surface area contributed by atoms with E-state index in [0.29, 0.717) is 30.7 Å². The lowest BCUT2D eigenvalue weighted by Crippen LogP contribution is -2.50. The summed E-state index contributed by atoms with van der Waals surface area (Å²) in [4.78, 5) is 20.9. The first-order valence-corrected chi connectivity index (χ1v) is 7.67. The number of para-hydroxylation sites is 1. The molecule has 24 heavy (non-hydrogen) atoms. The van der Waals surface area contributed by atoms with E-state index in [2.05, 4.69) is 9.97 Å². The maximum absolute atomic E-state index is 12.9. The average Bonchev–Trinajstić information content (AvgIpc) is 3.05. The lowest BCUT2D eigenvalue weighted by Gasteiger charge is -2.37. The van der Waals surface area contributed by atoms with E-state index in [1.54, 1.807) is 37.3 Å². The molecule has 2 atom stereocenters. The molecule has 1 aliphatic heterocycles. The summed E-state index contributed by atoms with van der Waals surface area (Å²) in [7, 11) is 3.26. The Morgan fingerprint density at radius 1 is 1.50 bits per heavy atom. The zero-order chi connectivity index (χ0) is 17.3. The predicted octanol–water partition coefficient (Wildman–Crippen LogP) is 2.38. The molecular formula is C16H19F2N3O3. The van der Waals surface area contributed by atoms with Gasteiger partial charge in [0, 0.05) is 20.8 Å². The number of alkyl halides is 2. The zero-order valence-corrected chi connectivity index (χ0v) is 13.5. The molecule has 1 aliphatic rings. The molecule has 1 saturated heterocycles. The number of halogens is 2. The molecule has 2 unspecified atom stereocenters. The summed E-state index contributed by atoms with van der Waals surface area (Å²) < 4.78 is 36.5. The maximum Gasteiger partial charge on any atom is 0.295 e. The third kappa shape index (κ3) is 2.99. The Hall–Kier alpha value is -2.06. The molecule has 1 aromatic heterocycles. The van der Waals surface area contributed by atoms with Crippen molar-refractivity contribution in [1.29, 1.82) is 0 Å². The third-order valence-electron chi connectivity index (χ3n) is 4.36. The van der Waals surface area contributed by atoms with E-state index in [1.165, 1.54) is 0 Å². The van der Waals surface area contributed by atoms with E-state index in [0.717, 1.165) is 0 Å². The van der Waals surface area contributed by atoms with Gasteiger partial charge in [-0.1, -0.05) is 6.07 Å². The number of aromatic amines is 1. The van der Waals surface area contributed by atoms with Crippen molar-refractivity contribution < 1.29 is 23.0 Å². The minimum atomic E-state index is -2.72. The number of benzene rings is 1. The topological polar surface area (TPSA) is 67.5 Å². The van der Waals surface area contributed by atoms with Crippen molar-refractivity contribution in [3.63, 3.8) is 0 Å². The van der Waals surface area contributed by atoms with Crippen LogP contribution in [0.25, 0.3) is 11.0 Å². The van der Waals surface area contributed by atoms with Crippen molar-refractivity contribution in [3.05, 3.63) is 29.6 Å². The minimum Gasteiger partial charge on any atom is -0.379 e. The van der Waals surface area contributed by atoms with E-state index < -0.39 is 12.2 Å². The van der Waals surface area contributed by atoms with Crippen LogP contribution < -0.4 is 0 Å². The molecule has 2 heterocycles. The van der Waals surface area contributed by atoms with Crippen LogP contribution in [-0.4, -0.2) is 60.3 Å². The third-order valence-corrected chi connectivity index (χ3v) is 4.36. The van der Waals surface area contributed by atoms with Crippen LogP contribution in [0.3, 0.4) is 0 Å². The van der Waals surface area contributed by atoms with Crippen LogP contribution in [0, 0.1) is 0 Å². The Morgan fingerprint density at radius 3 is 3.00 bits per heavy atom. The Labute approximate surface area is 137 Å². The highest BCUT2D eigenvalue weighted by Gasteiger charge is 2.32. The van der Waals surface area contributed by atoms with Gasteiger partial charge in [0.1, 0.15) is 11.6 Å². The number of aromatic nitrogens is 2. The SMILES string of the molecule is COC1COCCC1N(C)C(=O)c1cccc2[nH]c(C(F)F)nc12. The first-order valence-electron chi connectivity index (χ1n) is 7.67. The Morgan fingerprint density at radius 2 is 2.29 bits per heavy atom. The second kappa shape index (κ2) is 6.82. The van der Waals surface area contributed by atoms with Gasteiger partial charge in [-0.2, -0.15) is 0 Å². The van der Waals surface area contributed by atoms with Crippen molar-refractivity contribution in [2.24, 2.45) is 0 Å². The van der Waals surface area contributed by atoms with Crippen LogP contribution in [0.1, 0.15) is 29.0 Å². The standard InChI is InChI=1S/C16H19F2N3O3/c1-21(11-6-7-24-8-12(11)23-2)16(22)9-4-3-5-10-13(9)20-15(19-10)14(17)18/h3-5,11-12,14H,6-8H2,1-2H3,(H,19,20). The number of H-pyrrole nitrogens is 1. The number of nitrogens with zero attached hydrogens (tertiary/aromatic N) is 2. The maximum atomic E-state index is 12.9. The summed E-state index contributed by atoms with van der Waals surface area (Å²) in [5.74, 6) is -0.712. The number of carbonyl (C=O) groups is 1. The monoisotopic (exact) mass is 339 g/mol. The van der Waals surface area contributed by atoms with Gasteiger partial charge in [0.05, 0.1) is 23.7 Å². The van der Waals surface area contributed by atoms with Crippen molar-refractivity contribution in [2.75, 3.05) is 27.4 Å². The Balaban J connectivity index is 1.92. The molecule has 8 heteroatoms. The largest absolute Gasteiger partial charge is 0.379 e. The summed E-state index contributed by atoms with van der Waals surface area (Å²) in [6.45, 7) is 0.963. The Kier molecular flexibility index (Phi) is 4.77. The van der Waals surface area contributed by atoms with E-state index in [-0.39, 0.29) is 23.6 Å². The average molecular weight is 339 g/mol. The van der Waals surface area contributed by atoms with Crippen LogP contribution in [-0.2, 0) is 9.47 Å². The predicted molar refractivity (Wildman–Crippen MR) is 83.2 cm³/mol. The molecule has 1 fully saturated rings. The molecule has 1 N–H and O–H groups in total. The second-order valence-corrected chi connectivity index (χ2v) is 5.75. The molecule has 0 radical (unpaired) electrons. The van der Waals surface area contributed by atoms with Crippen LogP contribution in [0.15, 0.2) is 18.2 Å². The second-order valence-electron chi connectivity index (χ2n) is 5.75. The van der Waals surface area contributed by atoms with Crippen molar-refractivity contribution in [3.8, 4) is 0 Å². The number of rotatable bonds is 4. The smallest absolute Gasteiger partial charge is 0.295 e. The van der Waals surface area contributed by atoms with Crippen LogP contribution in [0.4, 0.5) is 8.78 Å². The summed E-state index contributed by atoms with van der Waals surface area (Å²) in [6, 6.07) is 4.73. The number of amides is 1. The highest BCUT2D eigenvalue weighted by molar-refractivity contribution is 6.04. The number of likely N-dealkylation sites (N-methyl/N-ethyl adjacent to an activating group) is 1. The first kappa shape index (κ1) is 16.8. The molecule has 0 spiro atoms. The fourth-order valence-electron chi connectivity index (χ4n) is 3.04. The van der Waals surface area contributed by atoms with Gasteiger partial charge >= 0.3 is 0 Å². The fraction of sp³-hybridized carbons (Fsp3) is 0.500. The quantitative estimate of drug-likeness (QED) is 0.929. The highest BCUT2D eigenvalue weighted by atomic mass is 19.3. The summed E-state index contributed by atoms with van der Waals surface area (Å²) in [5.41, 5.74) is 0.963. The summed E-state index contributed by atoms with van der Waals surface area (Å²) in [5, 5.41) is 0. The van der Waals surface area contributed by atoms with Gasteiger partial charge in [-0.15, -0.1) is 0 Å². The van der Waals surface area contributed by atoms with Gasteiger partial charge in [0.2, 0.25) is 0 Å². The van der Waals surface area contributed by atoms with Crippen molar-refractivity contribution in [1.82, 2.24) is 14.9 Å². The molecule has 2 aromatic rings. The van der Waals surface area contributed by atoms with E-state index >= 15 is 0 Å². The van der Waals surface area contributed by atoms with Gasteiger partial charge < -0.3 is 19.4 Å². The number of fused-ring (bicyclic) bond motifs is 1. The number of hydrogen-bond donors (Lipinski definition) is 1. The molecule has 130 valence electrons. The molecule has 1 amide bonds. The van der Waals surface area contributed by atoms with Crippen LogP contribution in [0.5, 0.6) is 0 Å². The van der Waals surface area contributed by atoms with E-state index in [9.17, 15) is 13.6 Å². The summed E-state index contributed by atoms with van der Waals surface area (Å²) in [6.07, 6.45) is -2.28. The van der Waals surface area contributed by atoms with Crippen LogP contribution >= 0.6 is 0 Å². The van der Waals surface area contributed by atoms with Gasteiger partial charge in [0.15, 0.2) is 5.82 Å². The van der Waals surface area contributed by atoms with Crippen LogP contribution in [0.2, 0.25) is 0 Å². The molecule has 0 saturated carbocycles. The van der Waals surface area contributed by atoms with Gasteiger partial charge in [-0.05, 0) is 18.6 Å². The van der Waals surface area contributed by atoms with E-state index in [1.807, 2.05) is 0 Å². The number of ether oxygens (including phenoxy) is 2. The number of carbonyl (C=O) groups excluding carboxylic acids is 1. The number of methoxy groups -OCH3 is 1. The zero-order valence-electron chi connectivity index (χ0n) is 13.5.